The normalized spacial score (nSPS) is 13.7. The summed E-state index contributed by atoms with van der Waals surface area (Å²) in [4.78, 5) is 32.2. The van der Waals surface area contributed by atoms with E-state index >= 15 is 0 Å². The third-order valence-corrected chi connectivity index (χ3v) is 6.19. The van der Waals surface area contributed by atoms with Crippen molar-refractivity contribution in [1.82, 2.24) is 34.7 Å². The minimum Gasteiger partial charge on any atom is -0.375 e. The van der Waals surface area contributed by atoms with E-state index in [9.17, 15) is 4.79 Å². The number of nitrogens with one attached hydrogen (secondary N) is 2. The van der Waals surface area contributed by atoms with Crippen LogP contribution in [0.15, 0.2) is 36.5 Å². The lowest BCUT2D eigenvalue weighted by Crippen LogP contribution is -2.17. The van der Waals surface area contributed by atoms with E-state index in [-0.39, 0.29) is 5.91 Å². The number of H-pyrrole nitrogens is 1. The number of imidazole rings is 1. The summed E-state index contributed by atoms with van der Waals surface area (Å²) in [5.41, 5.74) is 3.15. The van der Waals surface area contributed by atoms with Crippen LogP contribution in [0.25, 0.3) is 16.5 Å². The molecule has 158 valence electrons. The Labute approximate surface area is 182 Å². The molecule has 4 aromatic rings. The van der Waals surface area contributed by atoms with Crippen molar-refractivity contribution in [2.75, 3.05) is 24.3 Å². The molecule has 1 amide bonds. The number of aromatic nitrogens is 7. The van der Waals surface area contributed by atoms with Gasteiger partial charge in [-0.15, -0.1) is 11.3 Å². The van der Waals surface area contributed by atoms with Gasteiger partial charge in [-0.2, -0.15) is 5.10 Å². The molecule has 1 aliphatic rings. The van der Waals surface area contributed by atoms with Gasteiger partial charge in [0.2, 0.25) is 0 Å². The summed E-state index contributed by atoms with van der Waals surface area (Å²) in [6.45, 7) is 0. The largest absolute Gasteiger partial charge is 0.375 e. The van der Waals surface area contributed by atoms with Crippen LogP contribution < -0.4 is 10.2 Å². The number of hydrogen-bond donors (Lipinski definition) is 2. The lowest BCUT2D eigenvalue weighted by Gasteiger charge is -2.23. The number of pyridine rings is 1. The van der Waals surface area contributed by atoms with E-state index < -0.39 is 0 Å². The zero-order chi connectivity index (χ0) is 21.4. The first-order valence-electron chi connectivity index (χ1n) is 9.92. The zero-order valence-corrected chi connectivity index (χ0v) is 17.9. The van der Waals surface area contributed by atoms with Crippen molar-refractivity contribution in [3.8, 4) is 16.5 Å². The van der Waals surface area contributed by atoms with Gasteiger partial charge < -0.3 is 14.8 Å². The molecule has 0 aliphatic heterocycles. The second-order valence-electron chi connectivity index (χ2n) is 7.61. The Bertz CT molecular complexity index is 1210. The summed E-state index contributed by atoms with van der Waals surface area (Å²) >= 11 is 1.36. The SMILES string of the molecule is CN(C)c1cnc(C(=O)Nc2csc(-c3ncn[nH]3)n2)cc1-n1cnc(C2CCC2)c1. The minimum absolute atomic E-state index is 0.300. The Balaban J connectivity index is 1.41. The van der Waals surface area contributed by atoms with Gasteiger partial charge in [0, 0.05) is 31.6 Å². The average molecular weight is 436 g/mol. The fraction of sp³-hybridized carbons (Fsp3) is 0.300. The van der Waals surface area contributed by atoms with E-state index in [2.05, 4.69) is 41.6 Å². The van der Waals surface area contributed by atoms with Crippen molar-refractivity contribution < 1.29 is 4.79 Å². The second-order valence-corrected chi connectivity index (χ2v) is 8.47. The van der Waals surface area contributed by atoms with Crippen LogP contribution in [0.1, 0.15) is 41.4 Å². The predicted octanol–water partition coefficient (Wildman–Crippen LogP) is 3.09. The van der Waals surface area contributed by atoms with Crippen molar-refractivity contribution >= 4 is 28.7 Å². The summed E-state index contributed by atoms with van der Waals surface area (Å²) < 4.78 is 1.96. The number of anilines is 2. The number of nitrogens with zero attached hydrogens (tertiary/aromatic N) is 7. The maximum Gasteiger partial charge on any atom is 0.275 e. The molecule has 11 heteroatoms. The van der Waals surface area contributed by atoms with Crippen LogP contribution in [-0.4, -0.2) is 54.7 Å². The van der Waals surface area contributed by atoms with E-state index in [0.717, 1.165) is 17.1 Å². The highest BCUT2D eigenvalue weighted by atomic mass is 32.1. The molecule has 2 N–H and O–H groups in total. The number of aromatic amines is 1. The molecular formula is C20H21N9OS. The molecule has 1 fully saturated rings. The van der Waals surface area contributed by atoms with E-state index in [1.54, 1.807) is 17.6 Å². The van der Waals surface area contributed by atoms with E-state index in [0.29, 0.717) is 28.3 Å². The molecule has 0 aromatic carbocycles. The first-order valence-corrected chi connectivity index (χ1v) is 10.8. The van der Waals surface area contributed by atoms with Crippen molar-refractivity contribution in [2.45, 2.75) is 25.2 Å². The quantitative estimate of drug-likeness (QED) is 0.478. The molecule has 0 bridgehead atoms. The molecule has 1 saturated carbocycles. The van der Waals surface area contributed by atoms with Gasteiger partial charge in [-0.1, -0.05) is 6.42 Å². The summed E-state index contributed by atoms with van der Waals surface area (Å²) in [5.74, 6) is 1.21. The number of carbonyl (C=O) groups is 1. The average Bonchev–Trinajstić information content (AvgIpc) is 3.47. The molecule has 1 aliphatic carbocycles. The van der Waals surface area contributed by atoms with Crippen LogP contribution in [0.4, 0.5) is 11.5 Å². The lowest BCUT2D eigenvalue weighted by atomic mass is 9.83. The standard InChI is InChI=1S/C20H21N9OS/c1-28(2)16-7-21-13(6-15(16)29-8-14(23-11-29)12-4-3-5-12)19(30)25-17-9-31-20(26-17)18-22-10-24-27-18/h6-12H,3-5H2,1-2H3,(H,25,30)(H,22,24,27). The Morgan fingerprint density at radius 1 is 1.29 bits per heavy atom. The van der Waals surface area contributed by atoms with Crippen LogP contribution in [0.2, 0.25) is 0 Å². The number of thiazole rings is 1. The van der Waals surface area contributed by atoms with Crippen LogP contribution in [0.5, 0.6) is 0 Å². The molecule has 0 saturated heterocycles. The third kappa shape index (κ3) is 3.79. The molecule has 4 heterocycles. The highest BCUT2D eigenvalue weighted by Crippen LogP contribution is 2.36. The topological polar surface area (TPSA) is 118 Å². The summed E-state index contributed by atoms with van der Waals surface area (Å²) in [7, 11) is 3.90. The Kier molecular flexibility index (Phi) is 4.94. The predicted molar refractivity (Wildman–Crippen MR) is 118 cm³/mol. The van der Waals surface area contributed by atoms with E-state index in [1.165, 1.54) is 36.9 Å². The van der Waals surface area contributed by atoms with Crippen molar-refractivity contribution in [2.24, 2.45) is 0 Å². The molecule has 0 unspecified atom stereocenters. The van der Waals surface area contributed by atoms with Gasteiger partial charge in [0.05, 0.1) is 29.6 Å². The Morgan fingerprint density at radius 2 is 2.16 bits per heavy atom. The highest BCUT2D eigenvalue weighted by Gasteiger charge is 2.23. The summed E-state index contributed by atoms with van der Waals surface area (Å²) in [6.07, 6.45) is 10.6. The monoisotopic (exact) mass is 435 g/mol. The first-order chi connectivity index (χ1) is 15.1. The maximum atomic E-state index is 12.9. The van der Waals surface area contributed by atoms with Crippen molar-refractivity contribution in [3.63, 3.8) is 0 Å². The highest BCUT2D eigenvalue weighted by molar-refractivity contribution is 7.13. The molecule has 0 atom stereocenters. The van der Waals surface area contributed by atoms with Crippen molar-refractivity contribution in [3.05, 3.63) is 47.9 Å². The van der Waals surface area contributed by atoms with Crippen molar-refractivity contribution in [1.29, 1.82) is 0 Å². The van der Waals surface area contributed by atoms with Gasteiger partial charge in [0.15, 0.2) is 10.8 Å². The molecule has 0 spiro atoms. The molecular weight excluding hydrogens is 414 g/mol. The zero-order valence-electron chi connectivity index (χ0n) is 17.1. The van der Waals surface area contributed by atoms with Crippen LogP contribution in [-0.2, 0) is 0 Å². The number of amides is 1. The minimum atomic E-state index is -0.333. The maximum absolute atomic E-state index is 12.9. The number of carbonyl (C=O) groups excluding carboxylic acids is 1. The van der Waals surface area contributed by atoms with Crippen LogP contribution in [0.3, 0.4) is 0 Å². The van der Waals surface area contributed by atoms with Gasteiger partial charge in [0.1, 0.15) is 17.8 Å². The summed E-state index contributed by atoms with van der Waals surface area (Å²) in [6, 6.07) is 1.78. The molecule has 31 heavy (non-hydrogen) atoms. The number of hydrogen-bond acceptors (Lipinski definition) is 8. The fourth-order valence-electron chi connectivity index (χ4n) is 3.43. The van der Waals surface area contributed by atoms with E-state index in [1.807, 2.05) is 29.9 Å². The number of rotatable bonds is 6. The van der Waals surface area contributed by atoms with Gasteiger partial charge >= 0.3 is 0 Å². The van der Waals surface area contributed by atoms with Gasteiger partial charge in [-0.25, -0.2) is 19.9 Å². The van der Waals surface area contributed by atoms with E-state index in [4.69, 9.17) is 0 Å². The molecule has 0 radical (unpaired) electrons. The molecule has 4 aromatic heterocycles. The van der Waals surface area contributed by atoms with Gasteiger partial charge in [-0.3, -0.25) is 9.89 Å². The summed E-state index contributed by atoms with van der Waals surface area (Å²) in [5, 5.41) is 11.8. The van der Waals surface area contributed by atoms with Gasteiger partial charge in [0.25, 0.3) is 5.91 Å². The lowest BCUT2D eigenvalue weighted by molar-refractivity contribution is 0.102. The first kappa shape index (κ1) is 19.4. The molecule has 10 nitrogen and oxygen atoms in total. The Hall–Kier alpha value is -3.60. The molecule has 5 rings (SSSR count). The fourth-order valence-corrected chi connectivity index (χ4v) is 4.12. The third-order valence-electron chi connectivity index (χ3n) is 5.34. The van der Waals surface area contributed by atoms with Crippen LogP contribution >= 0.6 is 11.3 Å². The smallest absolute Gasteiger partial charge is 0.275 e. The second kappa shape index (κ2) is 7.91. The Morgan fingerprint density at radius 3 is 2.87 bits per heavy atom. The van der Waals surface area contributed by atoms with Crippen LogP contribution in [0, 0.1) is 0 Å². The van der Waals surface area contributed by atoms with Gasteiger partial charge in [-0.05, 0) is 18.9 Å².